The molecule has 1 aromatic rings. The number of benzene rings is 1. The van der Waals surface area contributed by atoms with Crippen molar-refractivity contribution >= 4 is 36.3 Å². The van der Waals surface area contributed by atoms with Gasteiger partial charge in [0.2, 0.25) is 0 Å². The fourth-order valence-electron chi connectivity index (χ4n) is 2.11. The van der Waals surface area contributed by atoms with E-state index in [4.69, 9.17) is 5.73 Å². The number of amidine groups is 1. The highest BCUT2D eigenvalue weighted by atomic mass is 35.5. The molecule has 3 N–H and O–H groups in total. The highest BCUT2D eigenvalue weighted by Crippen LogP contribution is 2.21. The number of halogens is 2. The predicted octanol–water partition coefficient (Wildman–Crippen LogP) is 3.42. The molecule has 5 heteroatoms. The number of rotatable bonds is 4. The molecule has 0 unspecified atom stereocenters. The number of nitrogens with one attached hydrogen (secondary N) is 1. The van der Waals surface area contributed by atoms with E-state index in [1.165, 1.54) is 17.7 Å². The Morgan fingerprint density at radius 1 is 1.11 bits per heavy atom. The molecule has 3 nitrogen and oxygen atoms in total. The van der Waals surface area contributed by atoms with E-state index >= 15 is 0 Å². The van der Waals surface area contributed by atoms with Crippen molar-refractivity contribution in [2.45, 2.75) is 32.1 Å². The Balaban J connectivity index is 0.00000162. The molecule has 1 aliphatic rings. The number of nitrogens with zero attached hydrogens (tertiary/aromatic N) is 1. The van der Waals surface area contributed by atoms with E-state index < -0.39 is 0 Å². The molecule has 0 atom stereocenters. The zero-order valence-corrected chi connectivity index (χ0v) is 12.7. The van der Waals surface area contributed by atoms with Crippen LogP contribution in [0, 0.1) is 0 Å². The van der Waals surface area contributed by atoms with Crippen molar-refractivity contribution in [2.24, 2.45) is 10.7 Å². The monoisotopic (exact) mass is 303 g/mol. The Kier molecular flexibility index (Phi) is 9.66. The van der Waals surface area contributed by atoms with Gasteiger partial charge in [-0.25, -0.2) is 0 Å². The smallest absolute Gasteiger partial charge is 0.101 e. The van der Waals surface area contributed by atoms with Crippen LogP contribution in [0.15, 0.2) is 29.3 Å². The van der Waals surface area contributed by atoms with Gasteiger partial charge in [0.05, 0.1) is 0 Å². The molecular formula is C14H23Cl2N3. The van der Waals surface area contributed by atoms with Crippen LogP contribution in [-0.4, -0.2) is 18.9 Å². The molecule has 0 radical (unpaired) electrons. The topological polar surface area (TPSA) is 50.4 Å². The third kappa shape index (κ3) is 5.81. The first-order chi connectivity index (χ1) is 8.40. The van der Waals surface area contributed by atoms with Gasteiger partial charge in [-0.2, -0.15) is 0 Å². The van der Waals surface area contributed by atoms with Crippen LogP contribution >= 0.6 is 24.8 Å². The second-order valence-corrected chi connectivity index (χ2v) is 4.46. The van der Waals surface area contributed by atoms with Gasteiger partial charge in [-0.3, -0.25) is 4.99 Å². The second kappa shape index (κ2) is 10.1. The maximum atomic E-state index is 5.47. The summed E-state index contributed by atoms with van der Waals surface area (Å²) in [6, 6.07) is 8.50. The summed E-state index contributed by atoms with van der Waals surface area (Å²) < 4.78 is 0. The third-order valence-corrected chi connectivity index (χ3v) is 3.07. The van der Waals surface area contributed by atoms with Crippen molar-refractivity contribution in [3.8, 4) is 0 Å². The highest BCUT2D eigenvalue weighted by molar-refractivity contribution is 5.96. The van der Waals surface area contributed by atoms with Crippen LogP contribution in [-0.2, 0) is 6.42 Å². The summed E-state index contributed by atoms with van der Waals surface area (Å²) in [7, 11) is 0. The standard InChI is InChI=1S/C14H21N3.2ClH/c15-10-3-4-11-16-14-9-5-7-12-6-1-2-8-13(12)17-14;;/h1-2,6,8H,3-5,7,9-11,15H2,(H,16,17);2*1H. The maximum absolute atomic E-state index is 5.47. The molecule has 0 aromatic heterocycles. The molecule has 1 heterocycles. The van der Waals surface area contributed by atoms with E-state index in [0.29, 0.717) is 0 Å². The van der Waals surface area contributed by atoms with Crippen LogP contribution in [0.1, 0.15) is 31.2 Å². The highest BCUT2D eigenvalue weighted by Gasteiger charge is 2.09. The number of unbranched alkanes of at least 4 members (excludes halogenated alkanes) is 1. The normalized spacial score (nSPS) is 15.5. The van der Waals surface area contributed by atoms with E-state index in [9.17, 15) is 0 Å². The minimum Gasteiger partial charge on any atom is -0.344 e. The Morgan fingerprint density at radius 2 is 1.89 bits per heavy atom. The lowest BCUT2D eigenvalue weighted by Gasteiger charge is -2.08. The number of fused-ring (bicyclic) bond motifs is 1. The number of hydrogen-bond acceptors (Lipinski definition) is 2. The second-order valence-electron chi connectivity index (χ2n) is 4.46. The Bertz CT molecular complexity index is 394. The lowest BCUT2D eigenvalue weighted by molar-refractivity contribution is 0.753. The number of aliphatic imine (C=N–C) groups is 1. The fourth-order valence-corrected chi connectivity index (χ4v) is 2.11. The van der Waals surface area contributed by atoms with Crippen LogP contribution in [0.25, 0.3) is 0 Å². The van der Waals surface area contributed by atoms with Gasteiger partial charge in [-0.05, 0) is 43.9 Å². The van der Waals surface area contributed by atoms with Gasteiger partial charge in [-0.15, -0.1) is 24.8 Å². The van der Waals surface area contributed by atoms with Gasteiger partial charge in [0.15, 0.2) is 0 Å². The first-order valence-corrected chi connectivity index (χ1v) is 6.48. The fraction of sp³-hybridized carbons (Fsp3) is 0.500. The molecule has 2 rings (SSSR count). The molecule has 0 spiro atoms. The van der Waals surface area contributed by atoms with Crippen molar-refractivity contribution in [1.82, 2.24) is 0 Å². The zero-order valence-electron chi connectivity index (χ0n) is 11.1. The molecule has 108 valence electrons. The molecule has 1 aliphatic heterocycles. The minimum absolute atomic E-state index is 0. The van der Waals surface area contributed by atoms with Crippen LogP contribution in [0.3, 0.4) is 0 Å². The summed E-state index contributed by atoms with van der Waals surface area (Å²) in [6.45, 7) is 1.66. The number of anilines is 1. The zero-order chi connectivity index (χ0) is 11.9. The van der Waals surface area contributed by atoms with Gasteiger partial charge in [0.25, 0.3) is 0 Å². The van der Waals surface area contributed by atoms with E-state index in [-0.39, 0.29) is 24.8 Å². The Hall–Kier alpha value is -0.770. The summed E-state index contributed by atoms with van der Waals surface area (Å²) in [5.74, 6) is 1.13. The average molecular weight is 304 g/mol. The van der Waals surface area contributed by atoms with Crippen molar-refractivity contribution in [3.05, 3.63) is 29.8 Å². The molecule has 1 aromatic carbocycles. The molecule has 19 heavy (non-hydrogen) atoms. The molecule has 0 aliphatic carbocycles. The number of para-hydroxylation sites is 1. The SMILES string of the molecule is Cl.Cl.NCCCCN=C1CCCc2ccccc2N1. The molecular weight excluding hydrogens is 281 g/mol. The van der Waals surface area contributed by atoms with Crippen LogP contribution in [0.4, 0.5) is 5.69 Å². The number of nitrogens with two attached hydrogens (primary N) is 1. The molecule has 0 bridgehead atoms. The predicted molar refractivity (Wildman–Crippen MR) is 88.1 cm³/mol. The average Bonchev–Trinajstić information content (AvgIpc) is 2.56. The van der Waals surface area contributed by atoms with Crippen molar-refractivity contribution in [2.75, 3.05) is 18.4 Å². The van der Waals surface area contributed by atoms with Gasteiger partial charge in [0.1, 0.15) is 5.84 Å². The molecule has 0 saturated heterocycles. The summed E-state index contributed by atoms with van der Waals surface area (Å²) >= 11 is 0. The first kappa shape index (κ1) is 18.2. The largest absolute Gasteiger partial charge is 0.344 e. The number of aryl methyl sites for hydroxylation is 1. The summed E-state index contributed by atoms with van der Waals surface area (Å²) in [5, 5.41) is 3.46. The van der Waals surface area contributed by atoms with Crippen LogP contribution < -0.4 is 11.1 Å². The molecule has 0 fully saturated rings. The van der Waals surface area contributed by atoms with E-state index in [0.717, 1.165) is 44.6 Å². The molecule has 0 saturated carbocycles. The van der Waals surface area contributed by atoms with E-state index in [1.807, 2.05) is 0 Å². The van der Waals surface area contributed by atoms with Gasteiger partial charge >= 0.3 is 0 Å². The van der Waals surface area contributed by atoms with Crippen molar-refractivity contribution in [3.63, 3.8) is 0 Å². The first-order valence-electron chi connectivity index (χ1n) is 6.48. The summed E-state index contributed by atoms with van der Waals surface area (Å²) in [6.07, 6.45) is 5.53. The van der Waals surface area contributed by atoms with Crippen LogP contribution in [0.2, 0.25) is 0 Å². The van der Waals surface area contributed by atoms with E-state index in [2.05, 4.69) is 34.6 Å². The lowest BCUT2D eigenvalue weighted by atomic mass is 10.1. The molecule has 0 amide bonds. The summed E-state index contributed by atoms with van der Waals surface area (Å²) in [4.78, 5) is 4.63. The Morgan fingerprint density at radius 3 is 2.68 bits per heavy atom. The van der Waals surface area contributed by atoms with E-state index in [1.54, 1.807) is 0 Å². The van der Waals surface area contributed by atoms with Crippen molar-refractivity contribution < 1.29 is 0 Å². The van der Waals surface area contributed by atoms with Gasteiger partial charge in [0, 0.05) is 18.7 Å². The lowest BCUT2D eigenvalue weighted by Crippen LogP contribution is -2.11. The van der Waals surface area contributed by atoms with Gasteiger partial charge in [-0.1, -0.05) is 18.2 Å². The minimum atomic E-state index is 0. The Labute approximate surface area is 127 Å². The number of hydrogen-bond donors (Lipinski definition) is 2. The van der Waals surface area contributed by atoms with Gasteiger partial charge < -0.3 is 11.1 Å². The third-order valence-electron chi connectivity index (χ3n) is 3.07. The summed E-state index contributed by atoms with van der Waals surface area (Å²) in [5.41, 5.74) is 8.10. The van der Waals surface area contributed by atoms with Crippen LogP contribution in [0.5, 0.6) is 0 Å². The quantitative estimate of drug-likeness (QED) is 0.837. The maximum Gasteiger partial charge on any atom is 0.101 e. The van der Waals surface area contributed by atoms with Crippen molar-refractivity contribution in [1.29, 1.82) is 0 Å².